The molecule has 2 aliphatic rings. The maximum atomic E-state index is 12.3. The van der Waals surface area contributed by atoms with Crippen LogP contribution in [0.3, 0.4) is 0 Å². The normalized spacial score (nSPS) is 23.1. The number of nitrogens with one attached hydrogen (secondary N) is 1. The summed E-state index contributed by atoms with van der Waals surface area (Å²) >= 11 is 0. The molecule has 1 N–H and O–H groups in total. The Kier molecular flexibility index (Phi) is 4.69. The predicted molar refractivity (Wildman–Crippen MR) is 82.3 cm³/mol. The van der Waals surface area contributed by atoms with Crippen molar-refractivity contribution in [3.63, 3.8) is 0 Å². The molecule has 1 aromatic heterocycles. The maximum absolute atomic E-state index is 12.3. The topological polar surface area (TPSA) is 67.4 Å². The van der Waals surface area contributed by atoms with Gasteiger partial charge in [0.25, 0.3) is 0 Å². The van der Waals surface area contributed by atoms with Crippen molar-refractivity contribution in [2.45, 2.75) is 51.8 Å². The van der Waals surface area contributed by atoms with E-state index in [1.54, 1.807) is 0 Å². The minimum Gasteiger partial charge on any atom is -0.376 e. The van der Waals surface area contributed by atoms with Crippen LogP contribution in [0.5, 0.6) is 0 Å². The third-order valence-electron chi connectivity index (χ3n) is 4.55. The van der Waals surface area contributed by atoms with Gasteiger partial charge in [0, 0.05) is 32.4 Å². The summed E-state index contributed by atoms with van der Waals surface area (Å²) in [5, 5.41) is 3.02. The number of hydrogen-bond acceptors (Lipinski definition) is 5. The first kappa shape index (κ1) is 15.4. The molecular formula is C16H24N4O2. The van der Waals surface area contributed by atoms with Gasteiger partial charge in [0.15, 0.2) is 0 Å². The Labute approximate surface area is 131 Å². The van der Waals surface area contributed by atoms with Crippen LogP contribution < -0.4 is 5.32 Å². The van der Waals surface area contributed by atoms with Crippen LogP contribution in [-0.2, 0) is 22.5 Å². The summed E-state index contributed by atoms with van der Waals surface area (Å²) in [5.74, 6) is 0.862. The fourth-order valence-electron chi connectivity index (χ4n) is 3.09. The molecule has 1 aromatic rings. The van der Waals surface area contributed by atoms with E-state index in [-0.39, 0.29) is 18.1 Å². The van der Waals surface area contributed by atoms with Crippen LogP contribution >= 0.6 is 0 Å². The highest BCUT2D eigenvalue weighted by Gasteiger charge is 2.27. The molecule has 1 amide bonds. The first-order valence-electron chi connectivity index (χ1n) is 8.08. The molecule has 0 unspecified atom stereocenters. The molecule has 120 valence electrons. The average molecular weight is 304 g/mol. The van der Waals surface area contributed by atoms with Crippen molar-refractivity contribution in [3.8, 4) is 0 Å². The Morgan fingerprint density at radius 3 is 3.23 bits per heavy atom. The highest BCUT2D eigenvalue weighted by molar-refractivity contribution is 5.81. The van der Waals surface area contributed by atoms with Crippen LogP contribution in [0.15, 0.2) is 6.20 Å². The Morgan fingerprint density at radius 1 is 1.59 bits per heavy atom. The van der Waals surface area contributed by atoms with E-state index in [0.29, 0.717) is 13.1 Å². The molecule has 2 aliphatic heterocycles. The molecular weight excluding hydrogens is 280 g/mol. The number of carbonyl (C=O) groups excluding carboxylic acids is 1. The summed E-state index contributed by atoms with van der Waals surface area (Å²) in [6, 6.07) is -0.148. The number of fused-ring (bicyclic) bond motifs is 1. The van der Waals surface area contributed by atoms with Crippen LogP contribution in [0.4, 0.5) is 0 Å². The third kappa shape index (κ3) is 3.44. The zero-order valence-electron chi connectivity index (χ0n) is 13.3. The maximum Gasteiger partial charge on any atom is 0.237 e. The summed E-state index contributed by atoms with van der Waals surface area (Å²) in [6.45, 7) is 6.88. The van der Waals surface area contributed by atoms with E-state index in [0.717, 1.165) is 43.9 Å². The molecule has 0 radical (unpaired) electrons. The standard InChI is InChI=1S/C16H24N4O2/c1-11(16(21)18-9-14-4-3-7-22-14)20-6-5-13-8-17-12(2)19-15(13)10-20/h8,11,14H,3-7,9-10H2,1-2H3,(H,18,21)/t11-,14+/m0/s1. The van der Waals surface area contributed by atoms with Crippen LogP contribution in [0.1, 0.15) is 36.8 Å². The number of carbonyl (C=O) groups is 1. The summed E-state index contributed by atoms with van der Waals surface area (Å²) in [4.78, 5) is 23.3. The highest BCUT2D eigenvalue weighted by atomic mass is 16.5. The lowest BCUT2D eigenvalue weighted by atomic mass is 10.0. The third-order valence-corrected chi connectivity index (χ3v) is 4.55. The lowest BCUT2D eigenvalue weighted by Gasteiger charge is -2.32. The Morgan fingerprint density at radius 2 is 2.45 bits per heavy atom. The zero-order chi connectivity index (χ0) is 15.5. The molecule has 0 aromatic carbocycles. The van der Waals surface area contributed by atoms with E-state index in [9.17, 15) is 4.79 Å². The van der Waals surface area contributed by atoms with Crippen molar-refractivity contribution < 1.29 is 9.53 Å². The zero-order valence-corrected chi connectivity index (χ0v) is 13.3. The molecule has 0 bridgehead atoms. The van der Waals surface area contributed by atoms with Crippen LogP contribution in [0.25, 0.3) is 0 Å². The lowest BCUT2D eigenvalue weighted by molar-refractivity contribution is -0.126. The van der Waals surface area contributed by atoms with Crippen LogP contribution in [0.2, 0.25) is 0 Å². The van der Waals surface area contributed by atoms with Crippen LogP contribution in [0, 0.1) is 6.92 Å². The molecule has 3 rings (SSSR count). The van der Waals surface area contributed by atoms with Crippen molar-refractivity contribution >= 4 is 5.91 Å². The van der Waals surface area contributed by atoms with Gasteiger partial charge in [-0.05, 0) is 38.7 Å². The van der Waals surface area contributed by atoms with Gasteiger partial charge < -0.3 is 10.1 Å². The molecule has 1 fully saturated rings. The molecule has 0 aliphatic carbocycles. The predicted octanol–water partition coefficient (Wildman–Crippen LogP) is 0.827. The van der Waals surface area contributed by atoms with Crippen molar-refractivity contribution in [1.82, 2.24) is 20.2 Å². The van der Waals surface area contributed by atoms with Crippen molar-refractivity contribution in [3.05, 3.63) is 23.3 Å². The van der Waals surface area contributed by atoms with Gasteiger partial charge in [-0.1, -0.05) is 0 Å². The van der Waals surface area contributed by atoms with Gasteiger partial charge in [-0.3, -0.25) is 9.69 Å². The van der Waals surface area contributed by atoms with Gasteiger partial charge in [0.1, 0.15) is 5.82 Å². The fourth-order valence-corrected chi connectivity index (χ4v) is 3.09. The molecule has 6 heteroatoms. The smallest absolute Gasteiger partial charge is 0.237 e. The Bertz CT molecular complexity index is 543. The molecule has 2 atom stereocenters. The second kappa shape index (κ2) is 6.71. The van der Waals surface area contributed by atoms with Crippen LogP contribution in [-0.4, -0.2) is 52.6 Å². The fraction of sp³-hybridized carbons (Fsp3) is 0.688. The number of aromatic nitrogens is 2. The van der Waals surface area contributed by atoms with Gasteiger partial charge in [-0.2, -0.15) is 0 Å². The summed E-state index contributed by atoms with van der Waals surface area (Å²) < 4.78 is 5.54. The van der Waals surface area contributed by atoms with E-state index in [4.69, 9.17) is 4.74 Å². The number of hydrogen-bond donors (Lipinski definition) is 1. The number of ether oxygens (including phenoxy) is 1. The van der Waals surface area contributed by atoms with E-state index < -0.39 is 0 Å². The average Bonchev–Trinajstić information content (AvgIpc) is 3.04. The quantitative estimate of drug-likeness (QED) is 0.892. The second-order valence-corrected chi connectivity index (χ2v) is 6.17. The minimum absolute atomic E-state index is 0.0738. The molecule has 0 spiro atoms. The monoisotopic (exact) mass is 304 g/mol. The van der Waals surface area contributed by atoms with Gasteiger partial charge in [-0.15, -0.1) is 0 Å². The summed E-state index contributed by atoms with van der Waals surface area (Å²) in [7, 11) is 0. The van der Waals surface area contributed by atoms with Crippen molar-refractivity contribution in [1.29, 1.82) is 0 Å². The number of rotatable bonds is 4. The SMILES string of the molecule is Cc1ncc2c(n1)CN([C@@H](C)C(=O)NC[C@H]1CCCO1)CC2. The second-order valence-electron chi connectivity index (χ2n) is 6.17. The van der Waals surface area contributed by atoms with Gasteiger partial charge >= 0.3 is 0 Å². The van der Waals surface area contributed by atoms with Crippen molar-refractivity contribution in [2.75, 3.05) is 19.7 Å². The van der Waals surface area contributed by atoms with E-state index in [2.05, 4.69) is 20.2 Å². The summed E-state index contributed by atoms with van der Waals surface area (Å²) in [6.07, 6.45) is 5.14. The Hall–Kier alpha value is -1.53. The minimum atomic E-state index is -0.148. The molecule has 3 heterocycles. The number of amides is 1. The molecule has 22 heavy (non-hydrogen) atoms. The van der Waals surface area contributed by atoms with E-state index in [1.165, 1.54) is 5.56 Å². The lowest BCUT2D eigenvalue weighted by Crippen LogP contribution is -2.48. The largest absolute Gasteiger partial charge is 0.376 e. The van der Waals surface area contributed by atoms with Gasteiger partial charge in [-0.25, -0.2) is 9.97 Å². The molecule has 6 nitrogen and oxygen atoms in total. The van der Waals surface area contributed by atoms with E-state index in [1.807, 2.05) is 20.0 Å². The molecule has 1 saturated heterocycles. The van der Waals surface area contributed by atoms with Crippen molar-refractivity contribution in [2.24, 2.45) is 0 Å². The number of nitrogens with zero attached hydrogens (tertiary/aromatic N) is 3. The summed E-state index contributed by atoms with van der Waals surface area (Å²) in [5.41, 5.74) is 2.26. The first-order valence-corrected chi connectivity index (χ1v) is 8.08. The number of aryl methyl sites for hydroxylation is 1. The van der Waals surface area contributed by atoms with Gasteiger partial charge in [0.05, 0.1) is 17.8 Å². The first-order chi connectivity index (χ1) is 10.6. The van der Waals surface area contributed by atoms with Gasteiger partial charge in [0.2, 0.25) is 5.91 Å². The Balaban J connectivity index is 1.55. The molecule has 0 saturated carbocycles. The highest BCUT2D eigenvalue weighted by Crippen LogP contribution is 2.18. The van der Waals surface area contributed by atoms with E-state index >= 15 is 0 Å².